The maximum atomic E-state index is 11.1. The normalized spacial score (nSPS) is 18.9. The van der Waals surface area contributed by atoms with Crippen molar-refractivity contribution < 1.29 is 14.4 Å². The molecule has 0 spiro atoms. The van der Waals surface area contributed by atoms with Gasteiger partial charge in [0, 0.05) is 13.1 Å². The molecule has 1 heterocycles. The fourth-order valence-corrected chi connectivity index (χ4v) is 1.29. The van der Waals surface area contributed by atoms with Crippen molar-refractivity contribution in [1.82, 2.24) is 21.3 Å². The van der Waals surface area contributed by atoms with Crippen LogP contribution in [0.5, 0.6) is 0 Å². The van der Waals surface area contributed by atoms with Crippen LogP contribution in [0, 0.1) is 0 Å². The van der Waals surface area contributed by atoms with Gasteiger partial charge in [-0.3, -0.25) is 10.1 Å². The molecule has 90 valence electrons. The molecule has 0 aliphatic carbocycles. The van der Waals surface area contributed by atoms with Crippen molar-refractivity contribution in [2.45, 2.75) is 25.8 Å². The van der Waals surface area contributed by atoms with Gasteiger partial charge in [0.25, 0.3) is 5.91 Å². The number of amides is 5. The largest absolute Gasteiger partial charge is 0.338 e. The average molecular weight is 228 g/mol. The molecule has 0 aromatic heterocycles. The third-order valence-corrected chi connectivity index (χ3v) is 2.11. The number of carbonyl (C=O) groups is 3. The lowest BCUT2D eigenvalue weighted by atomic mass is 10.2. The molecule has 1 unspecified atom stereocenters. The quantitative estimate of drug-likeness (QED) is 0.468. The Morgan fingerprint density at radius 2 is 2.00 bits per heavy atom. The van der Waals surface area contributed by atoms with Gasteiger partial charge in [0.15, 0.2) is 0 Å². The zero-order chi connectivity index (χ0) is 12.0. The van der Waals surface area contributed by atoms with E-state index in [1.807, 2.05) is 6.92 Å². The minimum Gasteiger partial charge on any atom is -0.338 e. The van der Waals surface area contributed by atoms with Gasteiger partial charge in [-0.1, -0.05) is 6.92 Å². The smallest absolute Gasteiger partial charge is 0.322 e. The third-order valence-electron chi connectivity index (χ3n) is 2.11. The summed E-state index contributed by atoms with van der Waals surface area (Å²) < 4.78 is 0. The lowest BCUT2D eigenvalue weighted by Gasteiger charge is -2.09. The Hall–Kier alpha value is -1.79. The second-order valence-corrected chi connectivity index (χ2v) is 3.49. The van der Waals surface area contributed by atoms with Crippen LogP contribution in [0.2, 0.25) is 0 Å². The van der Waals surface area contributed by atoms with Gasteiger partial charge in [0.05, 0.1) is 0 Å². The van der Waals surface area contributed by atoms with Crippen LogP contribution in [0.3, 0.4) is 0 Å². The molecule has 16 heavy (non-hydrogen) atoms. The SMILES string of the molecule is CCCNC(=O)NCCC1NC(=O)NC1=O. The monoisotopic (exact) mass is 228 g/mol. The fraction of sp³-hybridized carbons (Fsp3) is 0.667. The molecule has 1 atom stereocenters. The van der Waals surface area contributed by atoms with Crippen molar-refractivity contribution in [2.24, 2.45) is 0 Å². The van der Waals surface area contributed by atoms with Crippen LogP contribution in [0.4, 0.5) is 9.59 Å². The molecule has 1 saturated heterocycles. The van der Waals surface area contributed by atoms with Crippen LogP contribution in [-0.4, -0.2) is 37.1 Å². The highest BCUT2D eigenvalue weighted by Crippen LogP contribution is 1.97. The van der Waals surface area contributed by atoms with E-state index in [9.17, 15) is 14.4 Å². The molecule has 0 bridgehead atoms. The zero-order valence-electron chi connectivity index (χ0n) is 9.13. The van der Waals surface area contributed by atoms with Gasteiger partial charge in [-0.25, -0.2) is 9.59 Å². The second-order valence-electron chi connectivity index (χ2n) is 3.49. The first kappa shape index (κ1) is 12.3. The van der Waals surface area contributed by atoms with E-state index in [2.05, 4.69) is 21.3 Å². The standard InChI is InChI=1S/C9H16N4O3/c1-2-4-10-8(15)11-5-3-6-7(14)13-9(16)12-6/h6H,2-5H2,1H3,(H2,10,11,15)(H2,12,13,14,16). The van der Waals surface area contributed by atoms with E-state index >= 15 is 0 Å². The van der Waals surface area contributed by atoms with Crippen molar-refractivity contribution in [3.63, 3.8) is 0 Å². The highest BCUT2D eigenvalue weighted by Gasteiger charge is 2.28. The molecule has 1 aliphatic rings. The summed E-state index contributed by atoms with van der Waals surface area (Å²) in [6.07, 6.45) is 1.26. The third kappa shape index (κ3) is 3.76. The van der Waals surface area contributed by atoms with Crippen LogP contribution < -0.4 is 21.3 Å². The molecule has 7 heteroatoms. The van der Waals surface area contributed by atoms with Crippen molar-refractivity contribution in [3.05, 3.63) is 0 Å². The number of carbonyl (C=O) groups excluding carboxylic acids is 3. The molecule has 0 aromatic rings. The van der Waals surface area contributed by atoms with E-state index < -0.39 is 12.1 Å². The number of rotatable bonds is 5. The van der Waals surface area contributed by atoms with E-state index in [4.69, 9.17) is 0 Å². The minimum atomic E-state index is -0.543. The molecule has 0 aromatic carbocycles. The Kier molecular flexibility index (Phi) is 4.56. The van der Waals surface area contributed by atoms with Crippen LogP contribution in [-0.2, 0) is 4.79 Å². The van der Waals surface area contributed by atoms with E-state index in [1.54, 1.807) is 0 Å². The van der Waals surface area contributed by atoms with Gasteiger partial charge < -0.3 is 16.0 Å². The van der Waals surface area contributed by atoms with Gasteiger partial charge in [0.1, 0.15) is 6.04 Å². The summed E-state index contributed by atoms with van der Waals surface area (Å²) in [6.45, 7) is 2.92. The van der Waals surface area contributed by atoms with Crippen molar-refractivity contribution in [1.29, 1.82) is 0 Å². The summed E-state index contributed by atoms with van der Waals surface area (Å²) in [7, 11) is 0. The first-order valence-corrected chi connectivity index (χ1v) is 5.26. The Balaban J connectivity index is 2.13. The number of hydrogen-bond acceptors (Lipinski definition) is 3. The van der Waals surface area contributed by atoms with Crippen molar-refractivity contribution in [2.75, 3.05) is 13.1 Å². The van der Waals surface area contributed by atoms with Gasteiger partial charge in [-0.05, 0) is 12.8 Å². The minimum absolute atomic E-state index is 0.258. The molecule has 1 rings (SSSR count). The summed E-state index contributed by atoms with van der Waals surface area (Å²) in [4.78, 5) is 33.0. The summed E-state index contributed by atoms with van der Waals surface area (Å²) in [5.74, 6) is -0.347. The zero-order valence-corrected chi connectivity index (χ0v) is 9.13. The lowest BCUT2D eigenvalue weighted by molar-refractivity contribution is -0.120. The van der Waals surface area contributed by atoms with Gasteiger partial charge in [-0.2, -0.15) is 0 Å². The Bertz CT molecular complexity index is 292. The molecule has 0 radical (unpaired) electrons. The molecule has 1 fully saturated rings. The van der Waals surface area contributed by atoms with E-state index in [1.165, 1.54) is 0 Å². The predicted molar refractivity (Wildman–Crippen MR) is 56.8 cm³/mol. The summed E-state index contributed by atoms with van der Waals surface area (Å²) in [5.41, 5.74) is 0. The fourth-order valence-electron chi connectivity index (χ4n) is 1.29. The second kappa shape index (κ2) is 5.94. The Labute approximate surface area is 93.3 Å². The van der Waals surface area contributed by atoms with E-state index in [0.717, 1.165) is 6.42 Å². The Morgan fingerprint density at radius 3 is 2.56 bits per heavy atom. The maximum Gasteiger partial charge on any atom is 0.322 e. The first-order valence-electron chi connectivity index (χ1n) is 5.26. The molecular formula is C9H16N4O3. The van der Waals surface area contributed by atoms with Crippen molar-refractivity contribution in [3.8, 4) is 0 Å². The highest BCUT2D eigenvalue weighted by molar-refractivity contribution is 6.04. The first-order chi connectivity index (χ1) is 7.63. The Morgan fingerprint density at radius 1 is 1.31 bits per heavy atom. The van der Waals surface area contributed by atoms with Crippen LogP contribution in [0.25, 0.3) is 0 Å². The topological polar surface area (TPSA) is 99.3 Å². The molecule has 1 aliphatic heterocycles. The molecular weight excluding hydrogens is 212 g/mol. The van der Waals surface area contributed by atoms with Gasteiger partial charge >= 0.3 is 12.1 Å². The van der Waals surface area contributed by atoms with Crippen molar-refractivity contribution >= 4 is 18.0 Å². The van der Waals surface area contributed by atoms with Gasteiger partial charge in [0.2, 0.25) is 0 Å². The lowest BCUT2D eigenvalue weighted by Crippen LogP contribution is -2.39. The predicted octanol–water partition coefficient (Wildman–Crippen LogP) is -0.706. The summed E-state index contributed by atoms with van der Waals surface area (Å²) >= 11 is 0. The molecule has 7 nitrogen and oxygen atoms in total. The summed E-state index contributed by atoms with van der Waals surface area (Å²) in [5, 5.41) is 9.81. The molecule has 4 N–H and O–H groups in total. The number of urea groups is 2. The molecule has 5 amide bonds. The van der Waals surface area contributed by atoms with E-state index in [0.29, 0.717) is 19.5 Å². The number of nitrogens with one attached hydrogen (secondary N) is 4. The van der Waals surface area contributed by atoms with Crippen LogP contribution >= 0.6 is 0 Å². The molecule has 0 saturated carbocycles. The van der Waals surface area contributed by atoms with Crippen LogP contribution in [0.1, 0.15) is 19.8 Å². The van der Waals surface area contributed by atoms with Gasteiger partial charge in [-0.15, -0.1) is 0 Å². The summed E-state index contributed by atoms with van der Waals surface area (Å²) in [6, 6.07) is -1.28. The number of imide groups is 1. The average Bonchev–Trinajstić information content (AvgIpc) is 2.55. The highest BCUT2D eigenvalue weighted by atomic mass is 16.2. The van der Waals surface area contributed by atoms with E-state index in [-0.39, 0.29) is 11.9 Å². The van der Waals surface area contributed by atoms with Crippen LogP contribution in [0.15, 0.2) is 0 Å². The number of hydrogen-bond donors (Lipinski definition) is 4. The maximum absolute atomic E-state index is 11.1.